The molecule has 2 aromatic heterocycles. The molecule has 2 heterocycles. The minimum absolute atomic E-state index is 0.0197. The fourth-order valence-corrected chi connectivity index (χ4v) is 4.50. The molecule has 3 rings (SSSR count). The molecule has 0 aliphatic carbocycles. The predicted octanol–water partition coefficient (Wildman–Crippen LogP) is 4.66. The van der Waals surface area contributed by atoms with Gasteiger partial charge in [0.1, 0.15) is 16.2 Å². The van der Waals surface area contributed by atoms with Gasteiger partial charge in [-0.05, 0) is 44.4 Å². The van der Waals surface area contributed by atoms with E-state index in [2.05, 4.69) is 29.1 Å². The van der Waals surface area contributed by atoms with Crippen LogP contribution in [0.3, 0.4) is 0 Å². The Morgan fingerprint density at radius 1 is 1.17 bits per heavy atom. The van der Waals surface area contributed by atoms with Crippen molar-refractivity contribution in [3.8, 4) is 0 Å². The van der Waals surface area contributed by atoms with Gasteiger partial charge in [0.2, 0.25) is 5.91 Å². The lowest BCUT2D eigenvalue weighted by Gasteiger charge is -2.11. The lowest BCUT2D eigenvalue weighted by molar-refractivity contribution is -0.113. The lowest BCUT2D eigenvalue weighted by Crippen LogP contribution is -2.15. The van der Waals surface area contributed by atoms with Crippen LogP contribution in [0.15, 0.2) is 29.6 Å². The largest absolute Gasteiger partial charge is 0.325 e. The van der Waals surface area contributed by atoms with Gasteiger partial charge in [0, 0.05) is 16.0 Å². The highest BCUT2D eigenvalue weighted by atomic mass is 32.2. The SMILES string of the molecule is Cc1cccc(C)c1NC(=O)CSc1ncnc2sc(C)c(C)c12. The summed E-state index contributed by atoms with van der Waals surface area (Å²) in [6.45, 7) is 8.17. The Labute approximate surface area is 149 Å². The highest BCUT2D eigenvalue weighted by Crippen LogP contribution is 2.34. The summed E-state index contributed by atoms with van der Waals surface area (Å²) in [7, 11) is 0. The first-order chi connectivity index (χ1) is 11.5. The van der Waals surface area contributed by atoms with Gasteiger partial charge in [0.05, 0.1) is 5.75 Å². The Morgan fingerprint density at radius 2 is 1.88 bits per heavy atom. The average Bonchev–Trinajstić information content (AvgIpc) is 2.84. The molecule has 3 aromatic rings. The fourth-order valence-electron chi connectivity index (χ4n) is 2.58. The van der Waals surface area contributed by atoms with E-state index in [0.29, 0.717) is 5.75 Å². The van der Waals surface area contributed by atoms with E-state index in [4.69, 9.17) is 0 Å². The van der Waals surface area contributed by atoms with Crippen LogP contribution in [0.25, 0.3) is 10.2 Å². The quantitative estimate of drug-likeness (QED) is 0.545. The van der Waals surface area contributed by atoms with Crippen molar-refractivity contribution in [2.24, 2.45) is 0 Å². The topological polar surface area (TPSA) is 54.9 Å². The molecule has 1 N–H and O–H groups in total. The number of aromatic nitrogens is 2. The number of amides is 1. The van der Waals surface area contributed by atoms with Gasteiger partial charge in [0.15, 0.2) is 0 Å². The molecular formula is C18H19N3OS2. The molecule has 0 saturated heterocycles. The van der Waals surface area contributed by atoms with Crippen LogP contribution < -0.4 is 5.32 Å². The van der Waals surface area contributed by atoms with Gasteiger partial charge >= 0.3 is 0 Å². The normalized spacial score (nSPS) is 11.0. The summed E-state index contributed by atoms with van der Waals surface area (Å²) in [5, 5.41) is 4.96. The second kappa shape index (κ2) is 6.91. The molecule has 1 amide bonds. The van der Waals surface area contributed by atoms with Crippen LogP contribution in [-0.4, -0.2) is 21.6 Å². The van der Waals surface area contributed by atoms with Gasteiger partial charge in [-0.1, -0.05) is 30.0 Å². The smallest absolute Gasteiger partial charge is 0.234 e. The number of para-hydroxylation sites is 1. The zero-order valence-corrected chi connectivity index (χ0v) is 15.8. The number of rotatable bonds is 4. The molecule has 0 aliphatic rings. The summed E-state index contributed by atoms with van der Waals surface area (Å²) in [5.74, 6) is 0.308. The number of thioether (sulfide) groups is 1. The molecule has 124 valence electrons. The summed E-state index contributed by atoms with van der Waals surface area (Å²) < 4.78 is 0. The van der Waals surface area contributed by atoms with Crippen LogP contribution in [0.4, 0.5) is 5.69 Å². The van der Waals surface area contributed by atoms with E-state index in [9.17, 15) is 4.79 Å². The van der Waals surface area contributed by atoms with Crippen molar-refractivity contribution in [1.29, 1.82) is 0 Å². The molecule has 0 unspecified atom stereocenters. The zero-order valence-electron chi connectivity index (χ0n) is 14.1. The van der Waals surface area contributed by atoms with E-state index in [0.717, 1.165) is 32.1 Å². The van der Waals surface area contributed by atoms with Gasteiger partial charge in [-0.2, -0.15) is 0 Å². The molecule has 24 heavy (non-hydrogen) atoms. The number of anilines is 1. The summed E-state index contributed by atoms with van der Waals surface area (Å²) in [4.78, 5) is 23.3. The minimum Gasteiger partial charge on any atom is -0.325 e. The number of carbonyl (C=O) groups is 1. The standard InChI is InChI=1S/C18H19N3OS2/c1-10-6-5-7-11(2)16(10)21-14(22)8-23-17-15-12(3)13(4)24-18(15)20-9-19-17/h5-7,9H,8H2,1-4H3,(H,21,22). The average molecular weight is 358 g/mol. The molecule has 0 saturated carbocycles. The van der Waals surface area contributed by atoms with Crippen molar-refractivity contribution >= 4 is 44.9 Å². The zero-order chi connectivity index (χ0) is 17.3. The van der Waals surface area contributed by atoms with Crippen LogP contribution in [0.5, 0.6) is 0 Å². The number of nitrogens with zero attached hydrogens (tertiary/aromatic N) is 2. The molecule has 6 heteroatoms. The first kappa shape index (κ1) is 16.9. The van der Waals surface area contributed by atoms with Crippen molar-refractivity contribution in [3.05, 3.63) is 46.1 Å². The maximum atomic E-state index is 12.3. The third kappa shape index (κ3) is 3.30. The lowest BCUT2D eigenvalue weighted by atomic mass is 10.1. The number of hydrogen-bond donors (Lipinski definition) is 1. The Hall–Kier alpha value is -1.92. The van der Waals surface area contributed by atoms with Crippen molar-refractivity contribution in [3.63, 3.8) is 0 Å². The molecule has 0 atom stereocenters. The van der Waals surface area contributed by atoms with E-state index < -0.39 is 0 Å². The monoisotopic (exact) mass is 357 g/mol. The highest BCUT2D eigenvalue weighted by Gasteiger charge is 2.14. The number of benzene rings is 1. The van der Waals surface area contributed by atoms with E-state index in [1.54, 1.807) is 17.7 Å². The number of fused-ring (bicyclic) bond motifs is 1. The molecule has 0 fully saturated rings. The second-order valence-electron chi connectivity index (χ2n) is 5.75. The highest BCUT2D eigenvalue weighted by molar-refractivity contribution is 8.00. The number of hydrogen-bond acceptors (Lipinski definition) is 5. The molecule has 0 aliphatic heterocycles. The van der Waals surface area contributed by atoms with Gasteiger partial charge in [-0.15, -0.1) is 11.3 Å². The fraction of sp³-hybridized carbons (Fsp3) is 0.278. The van der Waals surface area contributed by atoms with E-state index in [-0.39, 0.29) is 5.91 Å². The Balaban J connectivity index is 1.75. The number of nitrogens with one attached hydrogen (secondary N) is 1. The minimum atomic E-state index is -0.0197. The molecule has 0 bridgehead atoms. The van der Waals surface area contributed by atoms with Crippen molar-refractivity contribution in [2.45, 2.75) is 32.7 Å². The van der Waals surface area contributed by atoms with Crippen LogP contribution in [-0.2, 0) is 4.79 Å². The predicted molar refractivity (Wildman–Crippen MR) is 102 cm³/mol. The first-order valence-corrected chi connectivity index (χ1v) is 9.47. The molecular weight excluding hydrogens is 338 g/mol. The van der Waals surface area contributed by atoms with Crippen LogP contribution in [0.1, 0.15) is 21.6 Å². The Bertz CT molecular complexity index is 898. The molecule has 0 radical (unpaired) electrons. The third-order valence-corrected chi connectivity index (χ3v) is 6.12. The van der Waals surface area contributed by atoms with E-state index >= 15 is 0 Å². The van der Waals surface area contributed by atoms with Gasteiger partial charge in [-0.3, -0.25) is 4.79 Å². The maximum absolute atomic E-state index is 12.3. The Kier molecular flexibility index (Phi) is 4.87. The van der Waals surface area contributed by atoms with E-state index in [1.807, 2.05) is 32.0 Å². The summed E-state index contributed by atoms with van der Waals surface area (Å²) in [5.41, 5.74) is 4.25. The van der Waals surface area contributed by atoms with Crippen molar-refractivity contribution in [2.75, 3.05) is 11.1 Å². The number of aryl methyl sites for hydroxylation is 4. The first-order valence-electron chi connectivity index (χ1n) is 7.67. The number of thiophene rings is 1. The van der Waals surface area contributed by atoms with Crippen molar-refractivity contribution in [1.82, 2.24) is 9.97 Å². The summed E-state index contributed by atoms with van der Waals surface area (Å²) in [6.07, 6.45) is 1.57. The van der Waals surface area contributed by atoms with Gasteiger partial charge in [0.25, 0.3) is 0 Å². The van der Waals surface area contributed by atoms with Crippen molar-refractivity contribution < 1.29 is 4.79 Å². The Morgan fingerprint density at radius 3 is 2.58 bits per heavy atom. The summed E-state index contributed by atoms with van der Waals surface area (Å²) in [6, 6.07) is 6.00. The second-order valence-corrected chi connectivity index (χ2v) is 7.91. The van der Waals surface area contributed by atoms with Crippen LogP contribution >= 0.6 is 23.1 Å². The van der Waals surface area contributed by atoms with Crippen LogP contribution in [0, 0.1) is 27.7 Å². The van der Waals surface area contributed by atoms with E-state index in [1.165, 1.54) is 22.2 Å². The molecule has 0 spiro atoms. The van der Waals surface area contributed by atoms with Gasteiger partial charge < -0.3 is 5.32 Å². The maximum Gasteiger partial charge on any atom is 0.234 e. The summed E-state index contributed by atoms with van der Waals surface area (Å²) >= 11 is 3.13. The molecule has 4 nitrogen and oxygen atoms in total. The van der Waals surface area contributed by atoms with Gasteiger partial charge in [-0.25, -0.2) is 9.97 Å². The third-order valence-electron chi connectivity index (χ3n) is 4.02. The van der Waals surface area contributed by atoms with Crippen LogP contribution in [0.2, 0.25) is 0 Å². The molecule has 1 aromatic carbocycles. The number of carbonyl (C=O) groups excluding carboxylic acids is 1.